The molecule has 5 nitrogen and oxygen atoms in total. The fourth-order valence-corrected chi connectivity index (χ4v) is 4.60. The lowest BCUT2D eigenvalue weighted by atomic mass is 9.90. The average Bonchev–Trinajstić information content (AvgIpc) is 3.34. The lowest BCUT2D eigenvalue weighted by molar-refractivity contribution is 0.0562. The molecule has 2 aliphatic rings. The summed E-state index contributed by atoms with van der Waals surface area (Å²) in [5.74, 6) is 0.252. The van der Waals surface area contributed by atoms with Crippen LogP contribution in [0.15, 0.2) is 17.5 Å². The summed E-state index contributed by atoms with van der Waals surface area (Å²) in [5, 5.41) is 15.4. The summed E-state index contributed by atoms with van der Waals surface area (Å²) in [7, 11) is 0. The Morgan fingerprint density at radius 2 is 2.08 bits per heavy atom. The molecule has 6 heteroatoms. The number of likely N-dealkylation sites (tertiary alicyclic amines) is 1. The van der Waals surface area contributed by atoms with E-state index in [1.165, 1.54) is 25.7 Å². The Labute approximate surface area is 154 Å². The number of hydrogen-bond acceptors (Lipinski definition) is 4. The predicted octanol–water partition coefficient (Wildman–Crippen LogP) is 3.55. The highest BCUT2D eigenvalue weighted by Gasteiger charge is 2.28. The second kappa shape index (κ2) is 9.55. The molecule has 0 unspecified atom stereocenters. The van der Waals surface area contributed by atoms with Crippen molar-refractivity contribution in [1.29, 1.82) is 0 Å². The topological polar surface area (TPSA) is 61.8 Å². The van der Waals surface area contributed by atoms with Gasteiger partial charge in [0.05, 0.1) is 12.2 Å². The zero-order valence-corrected chi connectivity index (χ0v) is 15.7. The van der Waals surface area contributed by atoms with Crippen molar-refractivity contribution in [1.82, 2.24) is 10.2 Å². The third-order valence-corrected chi connectivity index (χ3v) is 6.30. The van der Waals surface area contributed by atoms with Crippen molar-refractivity contribution in [2.24, 2.45) is 5.92 Å². The molecule has 2 fully saturated rings. The van der Waals surface area contributed by atoms with Crippen LogP contribution in [-0.4, -0.2) is 48.4 Å². The Morgan fingerprint density at radius 1 is 1.32 bits per heavy atom. The van der Waals surface area contributed by atoms with Crippen LogP contribution in [0.2, 0.25) is 0 Å². The van der Waals surface area contributed by atoms with Crippen LogP contribution in [0.5, 0.6) is 0 Å². The monoisotopic (exact) mass is 366 g/mol. The second-order valence-electron chi connectivity index (χ2n) is 7.15. The minimum Gasteiger partial charge on any atom is -0.387 e. The van der Waals surface area contributed by atoms with E-state index in [0.29, 0.717) is 12.6 Å². The van der Waals surface area contributed by atoms with Gasteiger partial charge < -0.3 is 20.1 Å². The lowest BCUT2D eigenvalue weighted by Crippen LogP contribution is -2.45. The van der Waals surface area contributed by atoms with Crippen LogP contribution < -0.4 is 5.32 Å². The number of nitrogens with zero attached hydrogens (tertiary/aromatic N) is 1. The molecule has 1 aromatic rings. The van der Waals surface area contributed by atoms with Gasteiger partial charge in [-0.1, -0.05) is 18.9 Å². The maximum absolute atomic E-state index is 12.2. The molecule has 0 bridgehead atoms. The van der Waals surface area contributed by atoms with Gasteiger partial charge in [0, 0.05) is 31.1 Å². The molecule has 140 valence electrons. The molecular weight excluding hydrogens is 336 g/mol. The molecule has 1 aliphatic heterocycles. The number of piperidine rings is 1. The number of carbonyl (C=O) groups excluding carboxylic acids is 1. The van der Waals surface area contributed by atoms with E-state index in [4.69, 9.17) is 4.74 Å². The van der Waals surface area contributed by atoms with Crippen molar-refractivity contribution < 1.29 is 14.6 Å². The van der Waals surface area contributed by atoms with Gasteiger partial charge in [0.15, 0.2) is 0 Å². The second-order valence-corrected chi connectivity index (χ2v) is 8.13. The van der Waals surface area contributed by atoms with Crippen LogP contribution in [0.25, 0.3) is 0 Å². The van der Waals surface area contributed by atoms with E-state index < -0.39 is 6.10 Å². The molecule has 0 aromatic carbocycles. The van der Waals surface area contributed by atoms with Gasteiger partial charge in [-0.25, -0.2) is 4.79 Å². The Morgan fingerprint density at radius 3 is 2.76 bits per heavy atom. The van der Waals surface area contributed by atoms with Crippen LogP contribution in [0, 0.1) is 5.92 Å². The molecule has 1 saturated carbocycles. The van der Waals surface area contributed by atoms with Gasteiger partial charge in [0.2, 0.25) is 0 Å². The normalized spacial score (nSPS) is 20.8. The summed E-state index contributed by atoms with van der Waals surface area (Å²) in [6.45, 7) is 2.85. The number of hydrogen-bond donors (Lipinski definition) is 2. The maximum Gasteiger partial charge on any atom is 0.317 e. The molecule has 25 heavy (non-hydrogen) atoms. The van der Waals surface area contributed by atoms with Gasteiger partial charge in [0.25, 0.3) is 0 Å². The number of aliphatic hydroxyl groups excluding tert-OH is 1. The van der Waals surface area contributed by atoms with Crippen LogP contribution in [0.1, 0.15) is 55.9 Å². The van der Waals surface area contributed by atoms with Crippen LogP contribution in [0.3, 0.4) is 0 Å². The molecule has 1 saturated heterocycles. The largest absolute Gasteiger partial charge is 0.387 e. The van der Waals surface area contributed by atoms with E-state index in [2.05, 4.69) is 5.32 Å². The SMILES string of the molecule is O=C(NCCCOC1CCCC1)N1CCC([C@H](O)c2cccs2)CC1. The van der Waals surface area contributed by atoms with E-state index >= 15 is 0 Å². The summed E-state index contributed by atoms with van der Waals surface area (Å²) >= 11 is 1.60. The predicted molar refractivity (Wildman–Crippen MR) is 99.8 cm³/mol. The molecular formula is C19H30N2O3S. The van der Waals surface area contributed by atoms with E-state index in [9.17, 15) is 9.90 Å². The van der Waals surface area contributed by atoms with Crippen LogP contribution >= 0.6 is 11.3 Å². The van der Waals surface area contributed by atoms with Crippen molar-refractivity contribution in [3.8, 4) is 0 Å². The number of amides is 2. The molecule has 1 atom stereocenters. The molecule has 0 spiro atoms. The summed E-state index contributed by atoms with van der Waals surface area (Å²) in [4.78, 5) is 15.1. The minimum atomic E-state index is -0.391. The average molecular weight is 367 g/mol. The Bertz CT molecular complexity index is 509. The third-order valence-electron chi connectivity index (χ3n) is 5.36. The summed E-state index contributed by atoms with van der Waals surface area (Å²) in [6.07, 6.45) is 7.61. The van der Waals surface area contributed by atoms with Gasteiger partial charge in [0.1, 0.15) is 0 Å². The quantitative estimate of drug-likeness (QED) is 0.726. The van der Waals surface area contributed by atoms with Gasteiger partial charge in [-0.05, 0) is 49.5 Å². The van der Waals surface area contributed by atoms with Gasteiger partial charge in [-0.2, -0.15) is 0 Å². The third kappa shape index (κ3) is 5.43. The van der Waals surface area contributed by atoms with Crippen molar-refractivity contribution >= 4 is 17.4 Å². The van der Waals surface area contributed by atoms with Crippen LogP contribution in [0.4, 0.5) is 4.79 Å². The highest BCUT2D eigenvalue weighted by atomic mass is 32.1. The zero-order valence-electron chi connectivity index (χ0n) is 14.9. The smallest absolute Gasteiger partial charge is 0.317 e. The highest BCUT2D eigenvalue weighted by molar-refractivity contribution is 7.10. The van der Waals surface area contributed by atoms with Gasteiger partial charge in [-0.15, -0.1) is 11.3 Å². The van der Waals surface area contributed by atoms with Crippen molar-refractivity contribution in [3.05, 3.63) is 22.4 Å². The van der Waals surface area contributed by atoms with Crippen molar-refractivity contribution in [2.45, 2.75) is 57.2 Å². The van der Waals surface area contributed by atoms with Crippen molar-refractivity contribution in [2.75, 3.05) is 26.2 Å². The first-order chi connectivity index (χ1) is 12.2. The summed E-state index contributed by atoms with van der Waals surface area (Å²) < 4.78 is 5.81. The molecule has 2 N–H and O–H groups in total. The first-order valence-electron chi connectivity index (χ1n) is 9.60. The zero-order chi connectivity index (χ0) is 17.5. The molecule has 0 radical (unpaired) electrons. The van der Waals surface area contributed by atoms with E-state index in [0.717, 1.165) is 43.8 Å². The molecule has 3 rings (SSSR count). The first-order valence-corrected chi connectivity index (χ1v) is 10.5. The number of aliphatic hydroxyl groups is 1. The number of rotatable bonds is 7. The number of urea groups is 1. The number of ether oxygens (including phenoxy) is 1. The van der Waals surface area contributed by atoms with Gasteiger partial charge in [-0.3, -0.25) is 0 Å². The number of thiophene rings is 1. The highest BCUT2D eigenvalue weighted by Crippen LogP contribution is 2.32. The standard InChI is InChI=1S/C19H30N2O3S/c22-18(17-7-3-14-25-17)15-8-11-21(12-9-15)19(23)20-10-4-13-24-16-5-1-2-6-16/h3,7,14-16,18,22H,1-2,4-6,8-13H2,(H,20,23)/t18-/m0/s1. The van der Waals surface area contributed by atoms with Crippen LogP contribution in [-0.2, 0) is 4.74 Å². The summed E-state index contributed by atoms with van der Waals surface area (Å²) in [6, 6.07) is 3.98. The van der Waals surface area contributed by atoms with Gasteiger partial charge >= 0.3 is 6.03 Å². The van der Waals surface area contributed by atoms with E-state index in [1.54, 1.807) is 11.3 Å². The lowest BCUT2D eigenvalue weighted by Gasteiger charge is -2.34. The molecule has 2 amide bonds. The van der Waals surface area contributed by atoms with E-state index in [-0.39, 0.29) is 11.9 Å². The van der Waals surface area contributed by atoms with Crippen molar-refractivity contribution in [3.63, 3.8) is 0 Å². The summed E-state index contributed by atoms with van der Waals surface area (Å²) in [5.41, 5.74) is 0. The Kier molecular flexibility index (Phi) is 7.13. The fourth-order valence-electron chi connectivity index (χ4n) is 3.79. The molecule has 2 heterocycles. The first kappa shape index (κ1) is 18.7. The Hall–Kier alpha value is -1.11. The van der Waals surface area contributed by atoms with E-state index in [1.807, 2.05) is 22.4 Å². The molecule has 1 aromatic heterocycles. The number of nitrogens with one attached hydrogen (secondary N) is 1. The Balaban J connectivity index is 1.29. The molecule has 1 aliphatic carbocycles. The number of carbonyl (C=O) groups is 1. The maximum atomic E-state index is 12.2. The minimum absolute atomic E-state index is 0.0185. The fraction of sp³-hybridized carbons (Fsp3) is 0.737.